The summed E-state index contributed by atoms with van der Waals surface area (Å²) in [6.45, 7) is 2.08. The average molecular weight is 432 g/mol. The highest BCUT2D eigenvalue weighted by molar-refractivity contribution is 5.94. The van der Waals surface area contributed by atoms with Crippen LogP contribution in [-0.2, 0) is 0 Å². The zero-order chi connectivity index (χ0) is 20.4. The first kappa shape index (κ1) is 22.0. The molecule has 30 heavy (non-hydrogen) atoms. The van der Waals surface area contributed by atoms with Crippen LogP contribution in [0.2, 0.25) is 0 Å². The lowest BCUT2D eigenvalue weighted by Gasteiger charge is -2.30. The molecular formula is C23H24ClF2N3O. The highest BCUT2D eigenvalue weighted by Crippen LogP contribution is 2.25. The molecule has 2 N–H and O–H groups in total. The summed E-state index contributed by atoms with van der Waals surface area (Å²) < 4.78 is 27.1. The Morgan fingerprint density at radius 2 is 1.70 bits per heavy atom. The summed E-state index contributed by atoms with van der Waals surface area (Å²) in [4.78, 5) is 17.0. The van der Waals surface area contributed by atoms with E-state index in [1.54, 1.807) is 0 Å². The van der Waals surface area contributed by atoms with E-state index in [0.717, 1.165) is 60.6 Å². The predicted octanol–water partition coefficient (Wildman–Crippen LogP) is 5.40. The van der Waals surface area contributed by atoms with Crippen LogP contribution in [0.4, 0.5) is 14.6 Å². The third-order valence-electron chi connectivity index (χ3n) is 5.51. The third-order valence-corrected chi connectivity index (χ3v) is 5.51. The highest BCUT2D eigenvalue weighted by atomic mass is 35.5. The summed E-state index contributed by atoms with van der Waals surface area (Å²) in [5.74, 6) is -1.04. The van der Waals surface area contributed by atoms with Crippen LogP contribution in [0.15, 0.2) is 48.5 Å². The minimum atomic E-state index is -0.711. The van der Waals surface area contributed by atoms with Crippen molar-refractivity contribution in [3.05, 3.63) is 71.3 Å². The number of hydrogen-bond acceptors (Lipinski definition) is 3. The van der Waals surface area contributed by atoms with Gasteiger partial charge in [-0.15, -0.1) is 12.4 Å². The number of halogens is 3. The fourth-order valence-electron chi connectivity index (χ4n) is 3.95. The number of carbonyl (C=O) groups is 1. The van der Waals surface area contributed by atoms with Gasteiger partial charge in [-0.25, -0.2) is 13.8 Å². The second-order valence-electron chi connectivity index (χ2n) is 7.63. The number of fused-ring (bicyclic) bond motifs is 1. The minimum absolute atomic E-state index is 0. The third kappa shape index (κ3) is 4.87. The molecule has 3 aromatic rings. The highest BCUT2D eigenvalue weighted by Gasteiger charge is 2.24. The van der Waals surface area contributed by atoms with Gasteiger partial charge in [0.25, 0.3) is 5.91 Å². The normalized spacial score (nSPS) is 18.5. The molecule has 1 saturated carbocycles. The summed E-state index contributed by atoms with van der Waals surface area (Å²) in [6.07, 6.45) is 3.27. The van der Waals surface area contributed by atoms with Crippen molar-refractivity contribution in [1.82, 2.24) is 10.3 Å². The molecule has 0 radical (unpaired) electrons. The smallest absolute Gasteiger partial charge is 0.254 e. The van der Waals surface area contributed by atoms with Gasteiger partial charge in [0, 0.05) is 17.5 Å². The van der Waals surface area contributed by atoms with E-state index in [-0.39, 0.29) is 30.1 Å². The zero-order valence-electron chi connectivity index (χ0n) is 16.6. The molecule has 0 unspecified atom stereocenters. The van der Waals surface area contributed by atoms with Gasteiger partial charge in [-0.05, 0) is 68.5 Å². The van der Waals surface area contributed by atoms with E-state index in [2.05, 4.69) is 29.7 Å². The molecule has 1 aromatic heterocycles. The van der Waals surface area contributed by atoms with Crippen molar-refractivity contribution >= 4 is 35.0 Å². The van der Waals surface area contributed by atoms with Crippen molar-refractivity contribution in [2.75, 3.05) is 5.32 Å². The van der Waals surface area contributed by atoms with E-state index in [4.69, 9.17) is 4.98 Å². The van der Waals surface area contributed by atoms with Gasteiger partial charge in [0.1, 0.15) is 17.5 Å². The maximum absolute atomic E-state index is 13.8. The van der Waals surface area contributed by atoms with Gasteiger partial charge in [0.15, 0.2) is 0 Å². The first-order chi connectivity index (χ1) is 14.0. The number of benzene rings is 2. The number of aryl methyl sites for hydroxylation is 1. The summed E-state index contributed by atoms with van der Waals surface area (Å²) in [5.41, 5.74) is 1.89. The molecule has 0 saturated heterocycles. The number of para-hydroxylation sites is 1. The Labute approximate surface area is 180 Å². The Bertz CT molecular complexity index is 1050. The van der Waals surface area contributed by atoms with E-state index >= 15 is 0 Å². The van der Waals surface area contributed by atoms with Crippen LogP contribution in [0.5, 0.6) is 0 Å². The number of aromatic nitrogens is 1. The summed E-state index contributed by atoms with van der Waals surface area (Å²) >= 11 is 0. The van der Waals surface area contributed by atoms with Crippen LogP contribution in [-0.4, -0.2) is 23.0 Å². The molecule has 2 aromatic carbocycles. The molecule has 1 heterocycles. The van der Waals surface area contributed by atoms with Gasteiger partial charge in [0.05, 0.1) is 11.1 Å². The number of pyridine rings is 1. The molecule has 4 nitrogen and oxygen atoms in total. The van der Waals surface area contributed by atoms with Gasteiger partial charge in [-0.1, -0.05) is 18.2 Å². The van der Waals surface area contributed by atoms with Gasteiger partial charge in [-0.3, -0.25) is 4.79 Å². The Hall–Kier alpha value is -2.73. The van der Waals surface area contributed by atoms with E-state index in [0.29, 0.717) is 0 Å². The number of nitrogens with zero attached hydrogens (tertiary/aromatic N) is 1. The number of rotatable bonds is 4. The van der Waals surface area contributed by atoms with Gasteiger partial charge in [0.2, 0.25) is 0 Å². The van der Waals surface area contributed by atoms with Crippen LogP contribution >= 0.6 is 12.4 Å². The average Bonchev–Trinajstić information content (AvgIpc) is 2.71. The minimum Gasteiger partial charge on any atom is -0.367 e. The standard InChI is InChI=1S/C23H23F2N3O.ClH/c1-14-12-22(28-21-5-3-2-4-18(14)21)26-16-7-9-17(10-8-16)27-23(29)19-13-15(24)6-11-20(19)25;/h2-6,11-13,16-17H,7-10H2,1H3,(H,26,28)(H,27,29);1H. The summed E-state index contributed by atoms with van der Waals surface area (Å²) in [7, 11) is 0. The summed E-state index contributed by atoms with van der Waals surface area (Å²) in [6, 6.07) is 13.3. The van der Waals surface area contributed by atoms with E-state index in [9.17, 15) is 13.6 Å². The first-order valence-electron chi connectivity index (χ1n) is 9.88. The number of carbonyl (C=O) groups excluding carboxylic acids is 1. The molecule has 0 bridgehead atoms. The van der Waals surface area contributed by atoms with Crippen LogP contribution in [0.3, 0.4) is 0 Å². The zero-order valence-corrected chi connectivity index (χ0v) is 17.4. The van der Waals surface area contributed by atoms with E-state index in [1.807, 2.05) is 18.2 Å². The van der Waals surface area contributed by atoms with E-state index in [1.165, 1.54) is 5.56 Å². The maximum atomic E-state index is 13.8. The van der Waals surface area contributed by atoms with Crippen LogP contribution in [0.1, 0.15) is 41.6 Å². The van der Waals surface area contributed by atoms with Crippen molar-refractivity contribution < 1.29 is 13.6 Å². The van der Waals surface area contributed by atoms with Crippen LogP contribution < -0.4 is 10.6 Å². The second kappa shape index (κ2) is 9.39. The van der Waals surface area contributed by atoms with Crippen molar-refractivity contribution in [2.24, 2.45) is 0 Å². The molecule has 4 rings (SSSR count). The number of amides is 1. The van der Waals surface area contributed by atoms with Crippen molar-refractivity contribution in [2.45, 2.75) is 44.7 Å². The Morgan fingerprint density at radius 3 is 2.47 bits per heavy atom. The number of hydrogen-bond donors (Lipinski definition) is 2. The van der Waals surface area contributed by atoms with Gasteiger partial charge in [-0.2, -0.15) is 0 Å². The van der Waals surface area contributed by atoms with Crippen LogP contribution in [0, 0.1) is 18.6 Å². The lowest BCUT2D eigenvalue weighted by molar-refractivity contribution is 0.0922. The molecule has 1 fully saturated rings. The fourth-order valence-corrected chi connectivity index (χ4v) is 3.95. The fraction of sp³-hybridized carbons (Fsp3) is 0.304. The number of nitrogens with one attached hydrogen (secondary N) is 2. The van der Waals surface area contributed by atoms with Crippen molar-refractivity contribution in [1.29, 1.82) is 0 Å². The molecule has 0 atom stereocenters. The predicted molar refractivity (Wildman–Crippen MR) is 117 cm³/mol. The molecule has 1 amide bonds. The molecule has 1 aliphatic carbocycles. The number of anilines is 1. The first-order valence-corrected chi connectivity index (χ1v) is 9.88. The molecule has 7 heteroatoms. The van der Waals surface area contributed by atoms with Crippen molar-refractivity contribution in [3.8, 4) is 0 Å². The SMILES string of the molecule is Cc1cc(NC2CCC(NC(=O)c3cc(F)ccc3F)CC2)nc2ccccc12.Cl. The topological polar surface area (TPSA) is 54.0 Å². The summed E-state index contributed by atoms with van der Waals surface area (Å²) in [5, 5.41) is 7.48. The van der Waals surface area contributed by atoms with E-state index < -0.39 is 17.5 Å². The largest absolute Gasteiger partial charge is 0.367 e. The maximum Gasteiger partial charge on any atom is 0.254 e. The Balaban J connectivity index is 0.00000256. The molecule has 158 valence electrons. The molecule has 0 aliphatic heterocycles. The monoisotopic (exact) mass is 431 g/mol. The Kier molecular flexibility index (Phi) is 6.87. The van der Waals surface area contributed by atoms with Crippen molar-refractivity contribution in [3.63, 3.8) is 0 Å². The molecule has 0 spiro atoms. The van der Waals surface area contributed by atoms with Crippen LogP contribution in [0.25, 0.3) is 10.9 Å². The molecule has 1 aliphatic rings. The van der Waals surface area contributed by atoms with Gasteiger partial charge < -0.3 is 10.6 Å². The lowest BCUT2D eigenvalue weighted by atomic mass is 9.91. The second-order valence-corrected chi connectivity index (χ2v) is 7.63. The van der Waals surface area contributed by atoms with Gasteiger partial charge >= 0.3 is 0 Å². The Morgan fingerprint density at radius 1 is 1.00 bits per heavy atom. The molecular weight excluding hydrogens is 408 g/mol. The quantitative estimate of drug-likeness (QED) is 0.581. The lowest BCUT2D eigenvalue weighted by Crippen LogP contribution is -2.40.